The number of ether oxygens (including phenoxy) is 1. The zero-order chi connectivity index (χ0) is 10.8. The summed E-state index contributed by atoms with van der Waals surface area (Å²) >= 11 is 0. The Kier molecular flexibility index (Phi) is 2.91. The van der Waals surface area contributed by atoms with Gasteiger partial charge in [-0.05, 0) is 44.7 Å². The van der Waals surface area contributed by atoms with Crippen LogP contribution in [0.5, 0.6) is 5.88 Å². The van der Waals surface area contributed by atoms with Crippen LogP contribution in [-0.2, 0) is 0 Å². The first-order valence-electron chi connectivity index (χ1n) is 5.55. The molecule has 0 saturated heterocycles. The summed E-state index contributed by atoms with van der Waals surface area (Å²) in [6, 6.07) is 2.10. The lowest BCUT2D eigenvalue weighted by atomic mass is 9.96. The molecule has 82 valence electrons. The molecule has 1 aromatic rings. The number of aryl methyl sites for hydroxylation is 1. The smallest absolute Gasteiger partial charge is 0.216 e. The quantitative estimate of drug-likeness (QED) is 0.825. The molecular formula is C12H18N2O. The van der Waals surface area contributed by atoms with Gasteiger partial charge in [0.1, 0.15) is 6.10 Å². The van der Waals surface area contributed by atoms with E-state index in [0.717, 1.165) is 29.8 Å². The second-order valence-corrected chi connectivity index (χ2v) is 4.35. The van der Waals surface area contributed by atoms with Crippen molar-refractivity contribution in [2.45, 2.75) is 45.3 Å². The fourth-order valence-electron chi connectivity index (χ4n) is 1.60. The van der Waals surface area contributed by atoms with Gasteiger partial charge < -0.3 is 10.5 Å². The molecule has 1 aliphatic rings. The summed E-state index contributed by atoms with van der Waals surface area (Å²) in [6.07, 6.45) is 5.80. The van der Waals surface area contributed by atoms with E-state index in [2.05, 4.69) is 11.1 Å². The molecule has 2 N–H and O–H groups in total. The summed E-state index contributed by atoms with van der Waals surface area (Å²) in [5, 5.41) is 0. The Labute approximate surface area is 90.7 Å². The van der Waals surface area contributed by atoms with Crippen molar-refractivity contribution in [1.29, 1.82) is 0 Å². The molecule has 1 fully saturated rings. The van der Waals surface area contributed by atoms with Crippen molar-refractivity contribution < 1.29 is 4.74 Å². The van der Waals surface area contributed by atoms with Crippen LogP contribution in [0.4, 0.5) is 0 Å². The van der Waals surface area contributed by atoms with Crippen LogP contribution < -0.4 is 10.5 Å². The molecule has 0 radical (unpaired) electrons. The summed E-state index contributed by atoms with van der Waals surface area (Å²) in [5.41, 5.74) is 7.93. The summed E-state index contributed by atoms with van der Waals surface area (Å²) in [6.45, 7) is 3.98. The third-order valence-electron chi connectivity index (χ3n) is 2.91. The van der Waals surface area contributed by atoms with Gasteiger partial charge in [-0.2, -0.15) is 0 Å². The molecule has 1 saturated carbocycles. The van der Waals surface area contributed by atoms with Gasteiger partial charge in [-0.3, -0.25) is 0 Å². The highest BCUT2D eigenvalue weighted by molar-refractivity contribution is 5.30. The third-order valence-corrected chi connectivity index (χ3v) is 2.91. The zero-order valence-electron chi connectivity index (χ0n) is 9.36. The monoisotopic (exact) mass is 206 g/mol. The standard InChI is InChI=1S/C12H18N2O/c1-8-6-10(9(2)13)7-14-12(8)15-11-4-3-5-11/h6-7,9,11H,3-5,13H2,1-2H3. The van der Waals surface area contributed by atoms with Gasteiger partial charge in [0.2, 0.25) is 5.88 Å². The molecule has 1 aliphatic carbocycles. The molecule has 1 atom stereocenters. The molecule has 1 unspecified atom stereocenters. The van der Waals surface area contributed by atoms with Crippen molar-refractivity contribution in [2.24, 2.45) is 5.73 Å². The van der Waals surface area contributed by atoms with E-state index in [9.17, 15) is 0 Å². The fourth-order valence-corrected chi connectivity index (χ4v) is 1.60. The highest BCUT2D eigenvalue weighted by Gasteiger charge is 2.20. The minimum absolute atomic E-state index is 0.0361. The van der Waals surface area contributed by atoms with Gasteiger partial charge in [0.15, 0.2) is 0 Å². The summed E-state index contributed by atoms with van der Waals surface area (Å²) in [4.78, 5) is 4.32. The summed E-state index contributed by atoms with van der Waals surface area (Å²) in [5.74, 6) is 0.768. The van der Waals surface area contributed by atoms with Gasteiger partial charge >= 0.3 is 0 Å². The van der Waals surface area contributed by atoms with Crippen LogP contribution in [0.3, 0.4) is 0 Å². The Morgan fingerprint density at radius 1 is 1.53 bits per heavy atom. The van der Waals surface area contributed by atoms with E-state index < -0.39 is 0 Å². The van der Waals surface area contributed by atoms with Crippen LogP contribution >= 0.6 is 0 Å². The number of aromatic nitrogens is 1. The largest absolute Gasteiger partial charge is 0.474 e. The van der Waals surface area contributed by atoms with Gasteiger partial charge in [-0.1, -0.05) is 0 Å². The van der Waals surface area contributed by atoms with Crippen molar-refractivity contribution >= 4 is 0 Å². The average Bonchev–Trinajstić information content (AvgIpc) is 2.12. The predicted molar refractivity (Wildman–Crippen MR) is 59.8 cm³/mol. The Morgan fingerprint density at radius 2 is 2.27 bits per heavy atom. The minimum atomic E-state index is 0.0361. The first kappa shape index (κ1) is 10.4. The van der Waals surface area contributed by atoms with E-state index in [-0.39, 0.29) is 6.04 Å². The molecular weight excluding hydrogens is 188 g/mol. The molecule has 0 spiro atoms. The Bertz CT molecular complexity index is 345. The molecule has 0 aliphatic heterocycles. The lowest BCUT2D eigenvalue weighted by Crippen LogP contribution is -2.25. The topological polar surface area (TPSA) is 48.1 Å². The van der Waals surface area contributed by atoms with E-state index >= 15 is 0 Å². The molecule has 1 heterocycles. The number of nitrogens with zero attached hydrogens (tertiary/aromatic N) is 1. The van der Waals surface area contributed by atoms with Gasteiger partial charge in [0, 0.05) is 17.8 Å². The molecule has 3 nitrogen and oxygen atoms in total. The Morgan fingerprint density at radius 3 is 2.73 bits per heavy atom. The van der Waals surface area contributed by atoms with Gasteiger partial charge in [-0.25, -0.2) is 4.98 Å². The van der Waals surface area contributed by atoms with Gasteiger partial charge in [0.05, 0.1) is 0 Å². The van der Waals surface area contributed by atoms with Crippen molar-refractivity contribution in [3.05, 3.63) is 23.4 Å². The first-order valence-corrected chi connectivity index (χ1v) is 5.55. The molecule has 3 heteroatoms. The van der Waals surface area contributed by atoms with Crippen molar-refractivity contribution in [3.63, 3.8) is 0 Å². The van der Waals surface area contributed by atoms with Crippen molar-refractivity contribution in [3.8, 4) is 5.88 Å². The zero-order valence-corrected chi connectivity index (χ0v) is 9.36. The van der Waals surface area contributed by atoms with Crippen LogP contribution in [0.25, 0.3) is 0 Å². The second-order valence-electron chi connectivity index (χ2n) is 4.35. The summed E-state index contributed by atoms with van der Waals surface area (Å²) < 4.78 is 5.76. The minimum Gasteiger partial charge on any atom is -0.474 e. The molecule has 0 amide bonds. The number of rotatable bonds is 3. The first-order chi connectivity index (χ1) is 7.16. The maximum absolute atomic E-state index is 5.79. The molecule has 0 aromatic carbocycles. The van der Waals surface area contributed by atoms with Crippen LogP contribution in [0, 0.1) is 6.92 Å². The van der Waals surface area contributed by atoms with Crippen molar-refractivity contribution in [2.75, 3.05) is 0 Å². The van der Waals surface area contributed by atoms with Gasteiger partial charge in [-0.15, -0.1) is 0 Å². The van der Waals surface area contributed by atoms with E-state index in [1.54, 1.807) is 0 Å². The Hall–Kier alpha value is -1.09. The van der Waals surface area contributed by atoms with E-state index in [1.807, 2.05) is 20.0 Å². The van der Waals surface area contributed by atoms with E-state index in [1.165, 1.54) is 6.42 Å². The second kappa shape index (κ2) is 4.19. The summed E-state index contributed by atoms with van der Waals surface area (Å²) in [7, 11) is 0. The number of hydrogen-bond acceptors (Lipinski definition) is 3. The lowest BCUT2D eigenvalue weighted by molar-refractivity contribution is 0.113. The normalized spacial score (nSPS) is 18.3. The molecule has 2 rings (SSSR count). The van der Waals surface area contributed by atoms with Crippen LogP contribution in [0.2, 0.25) is 0 Å². The highest BCUT2D eigenvalue weighted by atomic mass is 16.5. The maximum Gasteiger partial charge on any atom is 0.216 e. The van der Waals surface area contributed by atoms with E-state index in [0.29, 0.717) is 6.10 Å². The third kappa shape index (κ3) is 2.29. The average molecular weight is 206 g/mol. The molecule has 0 bridgehead atoms. The van der Waals surface area contributed by atoms with Crippen LogP contribution in [-0.4, -0.2) is 11.1 Å². The highest BCUT2D eigenvalue weighted by Crippen LogP contribution is 2.26. The Balaban J connectivity index is 2.11. The number of nitrogens with two attached hydrogens (primary N) is 1. The van der Waals surface area contributed by atoms with Crippen molar-refractivity contribution in [1.82, 2.24) is 4.98 Å². The molecule has 15 heavy (non-hydrogen) atoms. The SMILES string of the molecule is Cc1cc(C(C)N)cnc1OC1CCC1. The van der Waals surface area contributed by atoms with Crippen LogP contribution in [0.15, 0.2) is 12.3 Å². The lowest BCUT2D eigenvalue weighted by Gasteiger charge is -2.26. The fraction of sp³-hybridized carbons (Fsp3) is 0.583. The van der Waals surface area contributed by atoms with Crippen LogP contribution in [0.1, 0.15) is 43.4 Å². The van der Waals surface area contributed by atoms with Gasteiger partial charge in [0.25, 0.3) is 0 Å². The number of pyridine rings is 1. The molecule has 1 aromatic heterocycles. The maximum atomic E-state index is 5.79. The number of hydrogen-bond donors (Lipinski definition) is 1. The van der Waals surface area contributed by atoms with E-state index in [4.69, 9.17) is 10.5 Å². The predicted octanol–water partition coefficient (Wildman–Crippen LogP) is 2.34.